The third-order valence-electron chi connectivity index (χ3n) is 5.82. The molecule has 0 bridgehead atoms. The average Bonchev–Trinajstić information content (AvgIpc) is 2.65. The number of rotatable bonds is 9. The van der Waals surface area contributed by atoms with Gasteiger partial charge in [0.25, 0.3) is 0 Å². The van der Waals surface area contributed by atoms with Gasteiger partial charge in [-0.3, -0.25) is 0 Å². The van der Waals surface area contributed by atoms with E-state index >= 15 is 0 Å². The van der Waals surface area contributed by atoms with E-state index in [0.29, 0.717) is 13.0 Å². The van der Waals surface area contributed by atoms with E-state index in [1.165, 1.54) is 0 Å². The van der Waals surface area contributed by atoms with Crippen molar-refractivity contribution in [3.8, 4) is 0 Å². The van der Waals surface area contributed by atoms with Gasteiger partial charge in [0.2, 0.25) is 0 Å². The molecular weight excluding hydrogens is 368 g/mol. The normalized spacial score (nSPS) is 22.5. The average molecular weight is 407 g/mol. The molecule has 0 spiro atoms. The first kappa shape index (κ1) is 23.3. The lowest BCUT2D eigenvalue weighted by Crippen LogP contribution is -2.48. The maximum absolute atomic E-state index is 9.63. The molecule has 0 radical (unpaired) electrons. The second-order valence-corrected chi connectivity index (χ2v) is 13.9. The van der Waals surface area contributed by atoms with Gasteiger partial charge in [-0.15, -0.1) is 0 Å². The molecule has 1 aliphatic heterocycles. The molecule has 1 saturated heterocycles. The Kier molecular flexibility index (Phi) is 8.90. The van der Waals surface area contributed by atoms with Crippen molar-refractivity contribution in [1.82, 2.24) is 0 Å². The highest BCUT2D eigenvalue weighted by atomic mass is 28.4. The van der Waals surface area contributed by atoms with Crippen LogP contribution in [0, 0.1) is 0 Å². The summed E-state index contributed by atoms with van der Waals surface area (Å²) < 4.78 is 18.5. The van der Waals surface area contributed by atoms with Gasteiger partial charge in [-0.05, 0) is 43.0 Å². The number of benzene rings is 1. The Labute approximate surface area is 172 Å². The zero-order chi connectivity index (χ0) is 20.6. The fourth-order valence-corrected chi connectivity index (χ4v) is 4.35. The third kappa shape index (κ3) is 7.12. The van der Waals surface area contributed by atoms with Gasteiger partial charge in [0.1, 0.15) is 6.10 Å². The van der Waals surface area contributed by atoms with Crippen LogP contribution in [-0.4, -0.2) is 44.9 Å². The Morgan fingerprint density at radius 3 is 2.61 bits per heavy atom. The smallest absolute Gasteiger partial charge is 0.192 e. The minimum atomic E-state index is -1.83. The highest BCUT2D eigenvalue weighted by Gasteiger charge is 2.41. The van der Waals surface area contributed by atoms with Crippen molar-refractivity contribution in [2.75, 3.05) is 13.2 Å². The van der Waals surface area contributed by atoms with Gasteiger partial charge in [-0.25, -0.2) is 0 Å². The molecule has 1 aromatic rings. The third-order valence-corrected chi connectivity index (χ3v) is 10.3. The van der Waals surface area contributed by atoms with Gasteiger partial charge in [-0.2, -0.15) is 0 Å². The van der Waals surface area contributed by atoms with Crippen LogP contribution in [0.25, 0.3) is 0 Å². The van der Waals surface area contributed by atoms with Crippen LogP contribution in [-0.2, 0) is 20.5 Å². The lowest BCUT2D eigenvalue weighted by molar-refractivity contribution is -0.0425. The summed E-state index contributed by atoms with van der Waals surface area (Å²) in [6.45, 7) is 12.7. The molecule has 1 heterocycles. The van der Waals surface area contributed by atoms with E-state index in [4.69, 9.17) is 13.9 Å². The predicted octanol–water partition coefficient (Wildman–Crippen LogP) is 5.08. The Hall–Kier alpha value is -0.983. The molecule has 1 N–H and O–H groups in total. The predicted molar refractivity (Wildman–Crippen MR) is 117 cm³/mol. The molecule has 0 aromatic heterocycles. The zero-order valence-corrected chi connectivity index (χ0v) is 19.2. The van der Waals surface area contributed by atoms with Crippen molar-refractivity contribution < 1.29 is 19.0 Å². The van der Waals surface area contributed by atoms with Gasteiger partial charge in [0.15, 0.2) is 8.32 Å². The van der Waals surface area contributed by atoms with E-state index in [0.717, 1.165) is 25.0 Å². The van der Waals surface area contributed by atoms with Gasteiger partial charge in [0.05, 0.1) is 25.4 Å². The number of aliphatic hydroxyl groups is 1. The zero-order valence-electron chi connectivity index (χ0n) is 18.2. The van der Waals surface area contributed by atoms with Crippen molar-refractivity contribution >= 4 is 8.32 Å². The number of hydrogen-bond acceptors (Lipinski definition) is 4. The summed E-state index contributed by atoms with van der Waals surface area (Å²) in [7, 11) is -1.83. The molecule has 5 heteroatoms. The van der Waals surface area contributed by atoms with E-state index in [1.54, 1.807) is 0 Å². The van der Waals surface area contributed by atoms with Crippen LogP contribution in [0.4, 0.5) is 0 Å². The first-order chi connectivity index (χ1) is 13.2. The summed E-state index contributed by atoms with van der Waals surface area (Å²) in [4.78, 5) is 0. The molecule has 3 atom stereocenters. The minimum Gasteiger partial charge on any atom is -0.411 e. The SMILES string of the molecule is CC(C)(C)[Si](C)(C)O[C@H]1CCCO[C@@H]1/C=C\CC(CO)OCc1ccccc1. The van der Waals surface area contributed by atoms with Crippen molar-refractivity contribution in [1.29, 1.82) is 0 Å². The minimum absolute atomic E-state index is 0.00654. The molecule has 1 aromatic carbocycles. The molecule has 2 rings (SSSR count). The van der Waals surface area contributed by atoms with Crippen LogP contribution in [0.5, 0.6) is 0 Å². The molecule has 4 nitrogen and oxygen atoms in total. The summed E-state index contributed by atoms with van der Waals surface area (Å²) in [5.41, 5.74) is 1.11. The maximum atomic E-state index is 9.63. The molecule has 0 amide bonds. The van der Waals surface area contributed by atoms with Crippen molar-refractivity contribution in [2.45, 2.75) is 83.1 Å². The van der Waals surface area contributed by atoms with E-state index in [2.05, 4.69) is 46.0 Å². The molecule has 28 heavy (non-hydrogen) atoms. The molecule has 1 aliphatic rings. The highest BCUT2D eigenvalue weighted by molar-refractivity contribution is 6.74. The lowest BCUT2D eigenvalue weighted by atomic mass is 10.0. The van der Waals surface area contributed by atoms with Gasteiger partial charge >= 0.3 is 0 Å². The van der Waals surface area contributed by atoms with Crippen molar-refractivity contribution in [3.05, 3.63) is 48.0 Å². The summed E-state index contributed by atoms with van der Waals surface area (Å²) >= 11 is 0. The summed E-state index contributed by atoms with van der Waals surface area (Å²) in [5.74, 6) is 0. The van der Waals surface area contributed by atoms with Crippen molar-refractivity contribution in [3.63, 3.8) is 0 Å². The monoisotopic (exact) mass is 406 g/mol. The molecule has 0 aliphatic carbocycles. The van der Waals surface area contributed by atoms with Crippen molar-refractivity contribution in [2.24, 2.45) is 0 Å². The van der Waals surface area contributed by atoms with E-state index in [-0.39, 0.29) is 30.0 Å². The van der Waals surface area contributed by atoms with Gasteiger partial charge in [0, 0.05) is 6.61 Å². The Balaban J connectivity index is 1.88. The topological polar surface area (TPSA) is 47.9 Å². The van der Waals surface area contributed by atoms with Crippen LogP contribution >= 0.6 is 0 Å². The van der Waals surface area contributed by atoms with Crippen LogP contribution in [0.3, 0.4) is 0 Å². The number of ether oxygens (including phenoxy) is 2. The Morgan fingerprint density at radius 2 is 1.96 bits per heavy atom. The van der Waals surface area contributed by atoms with Crippen LogP contribution in [0.2, 0.25) is 18.1 Å². The van der Waals surface area contributed by atoms with Crippen LogP contribution < -0.4 is 0 Å². The summed E-state index contributed by atoms with van der Waals surface area (Å²) in [6.07, 6.45) is 6.81. The largest absolute Gasteiger partial charge is 0.411 e. The Bertz CT molecular complexity index is 594. The fourth-order valence-electron chi connectivity index (χ4n) is 2.98. The molecule has 1 unspecified atom stereocenters. The fraction of sp³-hybridized carbons (Fsp3) is 0.652. The standard InChI is InChI=1S/C23H38O4Si/c1-23(2,3)28(4,5)27-22-15-10-16-25-21(22)14-9-13-20(17-24)26-18-19-11-7-6-8-12-19/h6-9,11-12,14,20-22,24H,10,13,15-18H2,1-5H3/b14-9-/t20?,21-,22+/m1/s1. The van der Waals surface area contributed by atoms with E-state index in [9.17, 15) is 5.11 Å². The summed E-state index contributed by atoms with van der Waals surface area (Å²) in [5, 5.41) is 9.81. The number of hydrogen-bond donors (Lipinski definition) is 1. The molecule has 158 valence electrons. The van der Waals surface area contributed by atoms with Gasteiger partial charge < -0.3 is 19.0 Å². The second-order valence-electron chi connectivity index (χ2n) is 9.16. The lowest BCUT2D eigenvalue weighted by Gasteiger charge is -2.42. The highest BCUT2D eigenvalue weighted by Crippen LogP contribution is 2.39. The Morgan fingerprint density at radius 1 is 1.25 bits per heavy atom. The molecule has 0 saturated carbocycles. The van der Waals surface area contributed by atoms with Crippen LogP contribution in [0.1, 0.15) is 45.6 Å². The molecule has 1 fully saturated rings. The molecular formula is C23H38O4Si. The van der Waals surface area contributed by atoms with E-state index in [1.807, 2.05) is 30.3 Å². The maximum Gasteiger partial charge on any atom is 0.192 e. The first-order valence-corrected chi connectivity index (χ1v) is 13.4. The summed E-state index contributed by atoms with van der Waals surface area (Å²) in [6, 6.07) is 10.0. The van der Waals surface area contributed by atoms with E-state index < -0.39 is 8.32 Å². The van der Waals surface area contributed by atoms with Crippen LogP contribution in [0.15, 0.2) is 42.5 Å². The quantitative estimate of drug-likeness (QED) is 0.459. The first-order valence-electron chi connectivity index (χ1n) is 10.5. The second kappa shape index (κ2) is 10.7. The van der Waals surface area contributed by atoms with Gasteiger partial charge in [-0.1, -0.05) is 63.3 Å². The number of aliphatic hydroxyl groups excluding tert-OH is 1.